The normalized spacial score (nSPS) is 12.5. The van der Waals surface area contributed by atoms with E-state index in [0.717, 1.165) is 19.3 Å². The molecule has 0 saturated heterocycles. The SMILES string of the molecule is CCCCc1ccc(NC(=O)c2ccc(S(=O)(=O)N[C@H](C)COC)cc2)cc1. The summed E-state index contributed by atoms with van der Waals surface area (Å²) in [6, 6.07) is 13.3. The van der Waals surface area contributed by atoms with Crippen molar-refractivity contribution < 1.29 is 17.9 Å². The minimum absolute atomic E-state index is 0.104. The first kappa shape index (κ1) is 22.1. The van der Waals surface area contributed by atoms with E-state index in [1.807, 2.05) is 24.3 Å². The molecule has 0 spiro atoms. The number of amides is 1. The van der Waals surface area contributed by atoms with Gasteiger partial charge in [0, 0.05) is 24.4 Å². The monoisotopic (exact) mass is 404 g/mol. The highest BCUT2D eigenvalue weighted by molar-refractivity contribution is 7.89. The maximum absolute atomic E-state index is 12.4. The van der Waals surface area contributed by atoms with Crippen LogP contribution in [0.15, 0.2) is 53.4 Å². The van der Waals surface area contributed by atoms with Crippen molar-refractivity contribution >= 4 is 21.6 Å². The second-order valence-corrected chi connectivity index (χ2v) is 8.47. The van der Waals surface area contributed by atoms with E-state index in [-0.39, 0.29) is 23.5 Å². The van der Waals surface area contributed by atoms with Crippen LogP contribution in [0.1, 0.15) is 42.6 Å². The number of methoxy groups -OCH3 is 1. The third kappa shape index (κ3) is 6.44. The van der Waals surface area contributed by atoms with E-state index in [0.29, 0.717) is 11.3 Å². The molecular weight excluding hydrogens is 376 g/mol. The molecule has 0 aliphatic carbocycles. The van der Waals surface area contributed by atoms with Gasteiger partial charge < -0.3 is 10.1 Å². The molecule has 0 saturated carbocycles. The summed E-state index contributed by atoms with van der Waals surface area (Å²) < 4.78 is 32.1. The third-order valence-corrected chi connectivity index (χ3v) is 5.84. The number of unbranched alkanes of at least 4 members (excludes halogenated alkanes) is 1. The van der Waals surface area contributed by atoms with Crippen molar-refractivity contribution in [1.82, 2.24) is 4.72 Å². The second kappa shape index (κ2) is 10.4. The zero-order valence-electron chi connectivity index (χ0n) is 16.6. The average molecular weight is 405 g/mol. The Morgan fingerprint density at radius 3 is 2.29 bits per heavy atom. The minimum Gasteiger partial charge on any atom is -0.383 e. The average Bonchev–Trinajstić information content (AvgIpc) is 2.67. The number of carbonyl (C=O) groups excluding carboxylic acids is 1. The zero-order valence-corrected chi connectivity index (χ0v) is 17.4. The highest BCUT2D eigenvalue weighted by atomic mass is 32.2. The summed E-state index contributed by atoms with van der Waals surface area (Å²) >= 11 is 0. The van der Waals surface area contributed by atoms with E-state index in [4.69, 9.17) is 4.74 Å². The summed E-state index contributed by atoms with van der Waals surface area (Å²) in [5, 5.41) is 2.83. The number of ether oxygens (including phenoxy) is 1. The van der Waals surface area contributed by atoms with Crippen molar-refractivity contribution in [3.63, 3.8) is 0 Å². The third-order valence-electron chi connectivity index (χ3n) is 4.23. The number of nitrogens with one attached hydrogen (secondary N) is 2. The van der Waals surface area contributed by atoms with Gasteiger partial charge in [-0.1, -0.05) is 25.5 Å². The Balaban J connectivity index is 2.01. The molecule has 0 bridgehead atoms. The molecule has 0 aliphatic rings. The van der Waals surface area contributed by atoms with Crippen molar-refractivity contribution in [3.8, 4) is 0 Å². The van der Waals surface area contributed by atoms with E-state index in [2.05, 4.69) is 17.0 Å². The molecule has 1 amide bonds. The predicted molar refractivity (Wildman–Crippen MR) is 111 cm³/mol. The molecule has 28 heavy (non-hydrogen) atoms. The minimum atomic E-state index is -3.66. The molecule has 7 heteroatoms. The second-order valence-electron chi connectivity index (χ2n) is 6.76. The number of hydrogen-bond acceptors (Lipinski definition) is 4. The molecule has 0 unspecified atom stereocenters. The van der Waals surface area contributed by atoms with Crippen LogP contribution < -0.4 is 10.0 Å². The maximum atomic E-state index is 12.4. The Morgan fingerprint density at radius 2 is 1.71 bits per heavy atom. The number of carbonyl (C=O) groups is 1. The predicted octanol–water partition coefficient (Wildman–Crippen LogP) is 3.59. The van der Waals surface area contributed by atoms with Gasteiger partial charge in [0.15, 0.2) is 0 Å². The first-order valence-corrected chi connectivity index (χ1v) is 10.9. The Hall–Kier alpha value is -2.22. The van der Waals surface area contributed by atoms with Gasteiger partial charge in [-0.2, -0.15) is 0 Å². The summed E-state index contributed by atoms with van der Waals surface area (Å²) in [5.41, 5.74) is 2.33. The lowest BCUT2D eigenvalue weighted by Crippen LogP contribution is -2.35. The molecule has 2 aromatic rings. The molecular formula is C21H28N2O4S. The summed E-state index contributed by atoms with van der Waals surface area (Å²) in [6.07, 6.45) is 3.31. The Kier molecular flexibility index (Phi) is 8.17. The number of aryl methyl sites for hydroxylation is 1. The zero-order chi connectivity index (χ0) is 20.6. The number of sulfonamides is 1. The van der Waals surface area contributed by atoms with Crippen molar-refractivity contribution in [1.29, 1.82) is 0 Å². The molecule has 6 nitrogen and oxygen atoms in total. The van der Waals surface area contributed by atoms with Gasteiger partial charge >= 0.3 is 0 Å². The molecule has 152 valence electrons. The van der Waals surface area contributed by atoms with Gasteiger partial charge in [-0.3, -0.25) is 4.79 Å². The topological polar surface area (TPSA) is 84.5 Å². The van der Waals surface area contributed by atoms with Crippen LogP contribution in [-0.2, 0) is 21.2 Å². The fourth-order valence-corrected chi connectivity index (χ4v) is 3.97. The van der Waals surface area contributed by atoms with E-state index in [1.54, 1.807) is 6.92 Å². The highest BCUT2D eigenvalue weighted by Crippen LogP contribution is 2.15. The van der Waals surface area contributed by atoms with Gasteiger partial charge in [-0.05, 0) is 61.7 Å². The van der Waals surface area contributed by atoms with E-state index >= 15 is 0 Å². The van der Waals surface area contributed by atoms with Crippen LogP contribution in [0.3, 0.4) is 0 Å². The molecule has 0 heterocycles. The van der Waals surface area contributed by atoms with Crippen molar-refractivity contribution in [2.24, 2.45) is 0 Å². The quantitative estimate of drug-likeness (QED) is 0.634. The fraction of sp³-hybridized carbons (Fsp3) is 0.381. The summed E-state index contributed by atoms with van der Waals surface area (Å²) in [4.78, 5) is 12.5. The summed E-state index contributed by atoms with van der Waals surface area (Å²) in [7, 11) is -2.15. The van der Waals surface area contributed by atoms with Gasteiger partial charge in [0.2, 0.25) is 10.0 Å². The van der Waals surface area contributed by atoms with Crippen LogP contribution in [0.5, 0.6) is 0 Å². The van der Waals surface area contributed by atoms with Gasteiger partial charge in [-0.25, -0.2) is 13.1 Å². The maximum Gasteiger partial charge on any atom is 0.255 e. The lowest BCUT2D eigenvalue weighted by atomic mass is 10.1. The van der Waals surface area contributed by atoms with Gasteiger partial charge in [0.1, 0.15) is 0 Å². The number of benzene rings is 2. The molecule has 0 aliphatic heterocycles. The van der Waals surface area contributed by atoms with Crippen LogP contribution >= 0.6 is 0 Å². The molecule has 2 aromatic carbocycles. The van der Waals surface area contributed by atoms with Crippen LogP contribution in [0.4, 0.5) is 5.69 Å². The smallest absolute Gasteiger partial charge is 0.255 e. The summed E-state index contributed by atoms with van der Waals surface area (Å²) in [6.45, 7) is 4.15. The Labute approximate surface area is 167 Å². The van der Waals surface area contributed by atoms with Gasteiger partial charge in [0.25, 0.3) is 5.91 Å². The number of rotatable bonds is 10. The fourth-order valence-electron chi connectivity index (χ4n) is 2.74. The van der Waals surface area contributed by atoms with Crippen molar-refractivity contribution in [3.05, 3.63) is 59.7 Å². The molecule has 2 N–H and O–H groups in total. The van der Waals surface area contributed by atoms with Crippen molar-refractivity contribution in [2.75, 3.05) is 19.0 Å². The summed E-state index contributed by atoms with van der Waals surface area (Å²) in [5.74, 6) is -0.286. The molecule has 0 radical (unpaired) electrons. The largest absolute Gasteiger partial charge is 0.383 e. The molecule has 2 rings (SSSR count). The Bertz CT molecular complexity index is 862. The van der Waals surface area contributed by atoms with Gasteiger partial charge in [0.05, 0.1) is 11.5 Å². The first-order chi connectivity index (χ1) is 13.4. The molecule has 0 aromatic heterocycles. The molecule has 0 fully saturated rings. The van der Waals surface area contributed by atoms with Crippen LogP contribution in [-0.4, -0.2) is 34.1 Å². The van der Waals surface area contributed by atoms with Crippen LogP contribution in [0.2, 0.25) is 0 Å². The number of anilines is 1. The van der Waals surface area contributed by atoms with Crippen LogP contribution in [0, 0.1) is 0 Å². The Morgan fingerprint density at radius 1 is 1.07 bits per heavy atom. The van der Waals surface area contributed by atoms with Crippen molar-refractivity contribution in [2.45, 2.75) is 44.0 Å². The standard InChI is InChI=1S/C21H28N2O4S/c1-4-5-6-17-7-11-19(12-8-17)22-21(24)18-9-13-20(14-10-18)28(25,26)23-16(2)15-27-3/h7-14,16,23H,4-6,15H2,1-3H3,(H,22,24)/t16-/m1/s1. The van der Waals surface area contributed by atoms with Crippen LogP contribution in [0.25, 0.3) is 0 Å². The van der Waals surface area contributed by atoms with Gasteiger partial charge in [-0.15, -0.1) is 0 Å². The lowest BCUT2D eigenvalue weighted by molar-refractivity contribution is 0.102. The first-order valence-electron chi connectivity index (χ1n) is 9.37. The van der Waals surface area contributed by atoms with E-state index in [1.165, 1.54) is 36.9 Å². The highest BCUT2D eigenvalue weighted by Gasteiger charge is 2.18. The number of hydrogen-bond donors (Lipinski definition) is 2. The van der Waals surface area contributed by atoms with E-state index in [9.17, 15) is 13.2 Å². The van der Waals surface area contributed by atoms with E-state index < -0.39 is 10.0 Å². The lowest BCUT2D eigenvalue weighted by Gasteiger charge is -2.13. The molecule has 1 atom stereocenters.